The zero-order valence-corrected chi connectivity index (χ0v) is 18.4. The summed E-state index contributed by atoms with van der Waals surface area (Å²) in [7, 11) is -3.31. The first kappa shape index (κ1) is 22.1. The molecule has 2 heterocycles. The summed E-state index contributed by atoms with van der Waals surface area (Å²) in [6, 6.07) is 14.4. The third-order valence-corrected chi connectivity index (χ3v) is 7.72. The number of anilines is 2. The first-order valence-corrected chi connectivity index (χ1v) is 12.1. The Balaban J connectivity index is 1.39. The highest BCUT2D eigenvalue weighted by atomic mass is 32.2. The first-order valence-electron chi connectivity index (χ1n) is 10.6. The molecule has 0 saturated carbocycles. The van der Waals surface area contributed by atoms with Crippen LogP contribution in [0, 0.1) is 0 Å². The van der Waals surface area contributed by atoms with Crippen LogP contribution in [0.4, 0.5) is 11.6 Å². The van der Waals surface area contributed by atoms with Crippen LogP contribution in [0.3, 0.4) is 0 Å². The monoisotopic (exact) mass is 450 g/mol. The molecule has 166 valence electrons. The van der Waals surface area contributed by atoms with Gasteiger partial charge in [0.2, 0.25) is 5.95 Å². The standard InChI is InChI=1S/C24H26N4O3S/c29-17-19-3-1-2-18(14-19)4-5-20-15-26-24(27-16-20)28-21-6-8-22(9-7-21)32(30,31)23-10-12-25-13-11-23/h1-9,14-16,23,25,29H,10-13,17H2,(H,26,27,28)/b5-4+. The number of aromatic nitrogens is 2. The number of rotatable bonds is 7. The van der Waals surface area contributed by atoms with Crippen molar-refractivity contribution in [1.29, 1.82) is 0 Å². The van der Waals surface area contributed by atoms with Crippen molar-refractivity contribution in [2.75, 3.05) is 18.4 Å². The molecule has 0 radical (unpaired) electrons. The molecule has 1 aromatic heterocycles. The second kappa shape index (κ2) is 10.0. The van der Waals surface area contributed by atoms with Gasteiger partial charge in [0.25, 0.3) is 0 Å². The molecule has 0 bridgehead atoms. The molecule has 1 fully saturated rings. The molecule has 7 nitrogen and oxygen atoms in total. The van der Waals surface area contributed by atoms with Gasteiger partial charge in [0, 0.05) is 23.6 Å². The molecule has 0 spiro atoms. The van der Waals surface area contributed by atoms with E-state index in [0.717, 1.165) is 35.5 Å². The van der Waals surface area contributed by atoms with Crippen LogP contribution in [0.15, 0.2) is 65.8 Å². The third kappa shape index (κ3) is 5.40. The molecule has 1 aliphatic heterocycles. The van der Waals surface area contributed by atoms with Crippen LogP contribution in [-0.2, 0) is 16.4 Å². The molecule has 8 heteroatoms. The topological polar surface area (TPSA) is 104 Å². The van der Waals surface area contributed by atoms with Gasteiger partial charge in [0.1, 0.15) is 0 Å². The molecule has 0 amide bonds. The quantitative estimate of drug-likeness (QED) is 0.507. The second-order valence-corrected chi connectivity index (χ2v) is 9.95. The molecule has 0 aliphatic carbocycles. The molecular formula is C24H26N4O3S. The van der Waals surface area contributed by atoms with E-state index in [1.165, 1.54) is 0 Å². The summed E-state index contributed by atoms with van der Waals surface area (Å²) >= 11 is 0. The number of aliphatic hydroxyl groups is 1. The lowest BCUT2D eigenvalue weighted by molar-refractivity contribution is 0.282. The number of aliphatic hydroxyl groups excluding tert-OH is 1. The lowest BCUT2D eigenvalue weighted by Crippen LogP contribution is -2.35. The number of benzene rings is 2. The third-order valence-electron chi connectivity index (χ3n) is 5.44. The zero-order chi connectivity index (χ0) is 22.4. The van der Waals surface area contributed by atoms with Gasteiger partial charge in [-0.2, -0.15) is 0 Å². The highest BCUT2D eigenvalue weighted by Crippen LogP contribution is 2.24. The average molecular weight is 451 g/mol. The molecule has 32 heavy (non-hydrogen) atoms. The SMILES string of the molecule is O=S(=O)(c1ccc(Nc2ncc(/C=C/c3cccc(CO)c3)cn2)cc1)C1CCNCC1. The summed E-state index contributed by atoms with van der Waals surface area (Å²) < 4.78 is 25.6. The Kier molecular flexibility index (Phi) is 6.94. The number of nitrogens with zero attached hydrogens (tertiary/aromatic N) is 2. The van der Waals surface area contributed by atoms with Crippen molar-refractivity contribution >= 4 is 33.6 Å². The highest BCUT2D eigenvalue weighted by molar-refractivity contribution is 7.92. The Labute approximate surface area is 188 Å². The minimum atomic E-state index is -3.31. The average Bonchev–Trinajstić information content (AvgIpc) is 2.84. The summed E-state index contributed by atoms with van der Waals surface area (Å²) in [5.74, 6) is 0.429. The van der Waals surface area contributed by atoms with Gasteiger partial charge in [-0.1, -0.05) is 30.4 Å². The Morgan fingerprint density at radius 2 is 1.69 bits per heavy atom. The van der Waals surface area contributed by atoms with Gasteiger partial charge in [-0.15, -0.1) is 0 Å². The largest absolute Gasteiger partial charge is 0.392 e. The van der Waals surface area contributed by atoms with Gasteiger partial charge in [0.05, 0.1) is 16.8 Å². The van der Waals surface area contributed by atoms with E-state index in [-0.39, 0.29) is 11.9 Å². The predicted octanol–water partition coefficient (Wildman–Crippen LogP) is 3.41. The fourth-order valence-electron chi connectivity index (χ4n) is 3.63. The second-order valence-electron chi connectivity index (χ2n) is 7.72. The molecule has 0 unspecified atom stereocenters. The maximum absolute atomic E-state index is 12.8. The number of piperidine rings is 1. The summed E-state index contributed by atoms with van der Waals surface area (Å²) in [6.45, 7) is 1.48. The summed E-state index contributed by atoms with van der Waals surface area (Å²) in [6.07, 6.45) is 8.54. The van der Waals surface area contributed by atoms with Gasteiger partial charge >= 0.3 is 0 Å². The van der Waals surface area contributed by atoms with Crippen molar-refractivity contribution < 1.29 is 13.5 Å². The fraction of sp³-hybridized carbons (Fsp3) is 0.250. The summed E-state index contributed by atoms with van der Waals surface area (Å²) in [5.41, 5.74) is 3.41. The van der Waals surface area contributed by atoms with Gasteiger partial charge in [0.15, 0.2) is 9.84 Å². The van der Waals surface area contributed by atoms with Crippen molar-refractivity contribution in [3.05, 3.63) is 77.6 Å². The minimum Gasteiger partial charge on any atom is -0.392 e. The van der Waals surface area contributed by atoms with E-state index >= 15 is 0 Å². The Bertz CT molecular complexity index is 1170. The van der Waals surface area contributed by atoms with Gasteiger partial charge in [-0.05, 0) is 67.4 Å². The maximum Gasteiger partial charge on any atom is 0.227 e. The van der Waals surface area contributed by atoms with E-state index in [1.807, 2.05) is 36.4 Å². The smallest absolute Gasteiger partial charge is 0.227 e. The van der Waals surface area contributed by atoms with Crippen LogP contribution in [0.5, 0.6) is 0 Å². The molecule has 3 N–H and O–H groups in total. The van der Waals surface area contributed by atoms with Gasteiger partial charge in [-0.25, -0.2) is 18.4 Å². The van der Waals surface area contributed by atoms with Crippen LogP contribution in [-0.4, -0.2) is 41.8 Å². The molecule has 1 saturated heterocycles. The van der Waals surface area contributed by atoms with E-state index in [0.29, 0.717) is 23.7 Å². The molecule has 0 atom stereocenters. The Hall–Kier alpha value is -3.07. The lowest BCUT2D eigenvalue weighted by Gasteiger charge is -2.22. The molecule has 3 aromatic rings. The van der Waals surface area contributed by atoms with Gasteiger partial charge in [-0.3, -0.25) is 0 Å². The number of nitrogens with one attached hydrogen (secondary N) is 2. The summed E-state index contributed by atoms with van der Waals surface area (Å²) in [5, 5.41) is 15.2. The van der Waals surface area contributed by atoms with E-state index < -0.39 is 9.84 Å². The van der Waals surface area contributed by atoms with E-state index in [4.69, 9.17) is 0 Å². The first-order chi connectivity index (χ1) is 15.5. The number of hydrogen-bond donors (Lipinski definition) is 3. The Morgan fingerprint density at radius 3 is 2.38 bits per heavy atom. The minimum absolute atomic E-state index is 0.0100. The van der Waals surface area contributed by atoms with Crippen LogP contribution in [0.25, 0.3) is 12.2 Å². The Morgan fingerprint density at radius 1 is 1.00 bits per heavy atom. The number of sulfone groups is 1. The van der Waals surface area contributed by atoms with E-state index in [9.17, 15) is 13.5 Å². The summed E-state index contributed by atoms with van der Waals surface area (Å²) in [4.78, 5) is 9.00. The van der Waals surface area contributed by atoms with Crippen molar-refractivity contribution in [1.82, 2.24) is 15.3 Å². The molecule has 2 aromatic carbocycles. The van der Waals surface area contributed by atoms with Crippen LogP contribution < -0.4 is 10.6 Å². The zero-order valence-electron chi connectivity index (χ0n) is 17.6. The highest BCUT2D eigenvalue weighted by Gasteiger charge is 2.28. The van der Waals surface area contributed by atoms with Crippen LogP contribution >= 0.6 is 0 Å². The van der Waals surface area contributed by atoms with Crippen molar-refractivity contribution in [2.24, 2.45) is 0 Å². The van der Waals surface area contributed by atoms with Gasteiger partial charge < -0.3 is 15.7 Å². The normalized spacial score (nSPS) is 15.2. The lowest BCUT2D eigenvalue weighted by atomic mass is 10.1. The molecular weight excluding hydrogens is 424 g/mol. The fourth-order valence-corrected chi connectivity index (χ4v) is 5.39. The van der Waals surface area contributed by atoms with Crippen molar-refractivity contribution in [3.8, 4) is 0 Å². The van der Waals surface area contributed by atoms with E-state index in [2.05, 4.69) is 20.6 Å². The maximum atomic E-state index is 12.8. The van der Waals surface area contributed by atoms with E-state index in [1.54, 1.807) is 36.7 Å². The van der Waals surface area contributed by atoms with Crippen LogP contribution in [0.2, 0.25) is 0 Å². The molecule has 4 rings (SSSR count). The molecule has 1 aliphatic rings. The van der Waals surface area contributed by atoms with Crippen molar-refractivity contribution in [3.63, 3.8) is 0 Å². The van der Waals surface area contributed by atoms with Crippen molar-refractivity contribution in [2.45, 2.75) is 29.6 Å². The van der Waals surface area contributed by atoms with Crippen LogP contribution in [0.1, 0.15) is 29.5 Å². The number of hydrogen-bond acceptors (Lipinski definition) is 7. The predicted molar refractivity (Wildman–Crippen MR) is 126 cm³/mol.